The van der Waals surface area contributed by atoms with Crippen molar-refractivity contribution in [2.45, 2.75) is 4.90 Å². The van der Waals surface area contributed by atoms with Crippen molar-refractivity contribution in [2.24, 2.45) is 0 Å². The van der Waals surface area contributed by atoms with Crippen molar-refractivity contribution in [3.63, 3.8) is 0 Å². The number of hydrogen-bond acceptors (Lipinski definition) is 4. The summed E-state index contributed by atoms with van der Waals surface area (Å²) < 4.78 is 29.5. The van der Waals surface area contributed by atoms with Crippen LogP contribution in [0.4, 0.5) is 0 Å². The minimum absolute atomic E-state index is 0.000726. The molecule has 1 aromatic carbocycles. The molecule has 0 heterocycles. The zero-order chi connectivity index (χ0) is 13.9. The number of carbonyl (C=O) groups excluding carboxylic acids is 1. The van der Waals surface area contributed by atoms with E-state index in [1.54, 1.807) is 0 Å². The van der Waals surface area contributed by atoms with Gasteiger partial charge in [0.1, 0.15) is 11.4 Å². The van der Waals surface area contributed by atoms with Crippen molar-refractivity contribution in [3.05, 3.63) is 28.2 Å². The Balaban J connectivity index is 3.09. The first-order valence-corrected chi connectivity index (χ1v) is 6.97. The van der Waals surface area contributed by atoms with Crippen molar-refractivity contribution in [2.75, 3.05) is 20.7 Å². The Morgan fingerprint density at radius 3 is 2.50 bits per heavy atom. The van der Waals surface area contributed by atoms with Crippen LogP contribution in [0.2, 0.25) is 10.0 Å². The molecule has 0 amide bonds. The van der Waals surface area contributed by atoms with E-state index in [0.717, 1.165) is 4.31 Å². The fourth-order valence-electron chi connectivity index (χ4n) is 1.18. The van der Waals surface area contributed by atoms with Crippen LogP contribution in [-0.4, -0.2) is 39.4 Å². The molecular formula is C10H11Cl2NO4S. The first kappa shape index (κ1) is 15.2. The lowest BCUT2D eigenvalue weighted by Gasteiger charge is -2.16. The monoisotopic (exact) mass is 311 g/mol. The van der Waals surface area contributed by atoms with Crippen LogP contribution in [0.25, 0.3) is 0 Å². The Bertz CT molecular complexity index is 559. The van der Waals surface area contributed by atoms with Crippen LogP contribution in [0.15, 0.2) is 23.1 Å². The summed E-state index contributed by atoms with van der Waals surface area (Å²) in [6.07, 6.45) is 0. The third-order valence-electron chi connectivity index (χ3n) is 2.16. The summed E-state index contributed by atoms with van der Waals surface area (Å²) in [6.45, 7) is -0.391. The number of hydrogen-bond donors (Lipinski definition) is 0. The van der Waals surface area contributed by atoms with Gasteiger partial charge in [0.2, 0.25) is 10.0 Å². The molecule has 0 unspecified atom stereocenters. The quantitative estimate of drug-likeness (QED) is 0.795. The molecular weight excluding hydrogens is 301 g/mol. The number of likely N-dealkylation sites (N-methyl/N-ethyl adjacent to an activating group) is 1. The second-order valence-electron chi connectivity index (χ2n) is 3.41. The number of benzene rings is 1. The number of ether oxygens (including phenoxy) is 1. The van der Waals surface area contributed by atoms with Gasteiger partial charge in [0, 0.05) is 12.1 Å². The smallest absolute Gasteiger partial charge is 0.321 e. The molecule has 1 aromatic rings. The van der Waals surface area contributed by atoms with Gasteiger partial charge in [-0.3, -0.25) is 4.79 Å². The largest absolute Gasteiger partial charge is 0.468 e. The molecule has 8 heteroatoms. The van der Waals surface area contributed by atoms with Crippen LogP contribution in [0.1, 0.15) is 0 Å². The highest BCUT2D eigenvalue weighted by atomic mass is 35.5. The van der Waals surface area contributed by atoms with E-state index in [1.165, 1.54) is 32.4 Å². The SMILES string of the molecule is COC(=O)CN(C)S(=O)(=O)c1ccc(Cl)cc1Cl. The van der Waals surface area contributed by atoms with Crippen LogP contribution in [-0.2, 0) is 19.6 Å². The molecule has 0 N–H and O–H groups in total. The third-order valence-corrected chi connectivity index (χ3v) is 4.68. The summed E-state index contributed by atoms with van der Waals surface area (Å²) in [4.78, 5) is 10.9. The molecule has 5 nitrogen and oxygen atoms in total. The molecule has 0 saturated heterocycles. The Labute approximate surface area is 115 Å². The van der Waals surface area contributed by atoms with Crippen LogP contribution in [0.3, 0.4) is 0 Å². The maximum atomic E-state index is 12.1. The van der Waals surface area contributed by atoms with Gasteiger partial charge in [0.25, 0.3) is 0 Å². The minimum atomic E-state index is -3.85. The summed E-state index contributed by atoms with van der Waals surface area (Å²) in [5, 5.41) is 0.328. The highest BCUT2D eigenvalue weighted by Crippen LogP contribution is 2.26. The lowest BCUT2D eigenvalue weighted by atomic mass is 10.4. The molecule has 0 saturated carbocycles. The highest BCUT2D eigenvalue weighted by Gasteiger charge is 2.25. The number of sulfonamides is 1. The van der Waals surface area contributed by atoms with Crippen molar-refractivity contribution in [1.29, 1.82) is 0 Å². The van der Waals surface area contributed by atoms with Crippen LogP contribution in [0.5, 0.6) is 0 Å². The molecule has 0 bridgehead atoms. The van der Waals surface area contributed by atoms with Gasteiger partial charge in [-0.05, 0) is 18.2 Å². The van der Waals surface area contributed by atoms with Gasteiger partial charge in [0.15, 0.2) is 0 Å². The van der Waals surface area contributed by atoms with Crippen LogP contribution < -0.4 is 0 Å². The average Bonchev–Trinajstić information content (AvgIpc) is 2.28. The Morgan fingerprint density at radius 2 is 2.00 bits per heavy atom. The number of esters is 1. The molecule has 0 aliphatic rings. The van der Waals surface area contributed by atoms with Crippen LogP contribution >= 0.6 is 23.2 Å². The molecule has 1 rings (SSSR count). The fourth-order valence-corrected chi connectivity index (χ4v) is 3.04. The van der Waals surface area contributed by atoms with E-state index in [4.69, 9.17) is 23.2 Å². The maximum absolute atomic E-state index is 12.1. The molecule has 0 spiro atoms. The van der Waals surface area contributed by atoms with Crippen molar-refractivity contribution in [3.8, 4) is 0 Å². The third kappa shape index (κ3) is 3.35. The summed E-state index contributed by atoms with van der Waals surface area (Å²) >= 11 is 11.5. The van der Waals surface area contributed by atoms with Gasteiger partial charge in [0.05, 0.1) is 12.1 Å². The van der Waals surface area contributed by atoms with Gasteiger partial charge in [-0.15, -0.1) is 0 Å². The molecule has 100 valence electrons. The molecule has 0 atom stereocenters. The summed E-state index contributed by atoms with van der Waals surface area (Å²) in [5.74, 6) is -0.661. The molecule has 0 radical (unpaired) electrons. The summed E-state index contributed by atoms with van der Waals surface area (Å²) in [6, 6.07) is 4.02. The van der Waals surface area contributed by atoms with E-state index in [1.807, 2.05) is 0 Å². The minimum Gasteiger partial charge on any atom is -0.468 e. The topological polar surface area (TPSA) is 63.7 Å². The van der Waals surface area contributed by atoms with Crippen molar-refractivity contribution in [1.82, 2.24) is 4.31 Å². The van der Waals surface area contributed by atoms with Gasteiger partial charge in [-0.2, -0.15) is 4.31 Å². The fraction of sp³-hybridized carbons (Fsp3) is 0.300. The summed E-state index contributed by atoms with van der Waals surface area (Å²) in [7, 11) is -1.41. The lowest BCUT2D eigenvalue weighted by Crippen LogP contribution is -2.32. The first-order valence-electron chi connectivity index (χ1n) is 4.77. The van der Waals surface area contributed by atoms with E-state index in [0.29, 0.717) is 5.02 Å². The Kier molecular flexibility index (Phi) is 4.98. The van der Waals surface area contributed by atoms with E-state index in [-0.39, 0.29) is 9.92 Å². The van der Waals surface area contributed by atoms with Gasteiger partial charge in [-0.1, -0.05) is 23.2 Å². The second kappa shape index (κ2) is 5.88. The lowest BCUT2D eigenvalue weighted by molar-refractivity contribution is -0.140. The molecule has 0 aliphatic heterocycles. The first-order chi connectivity index (χ1) is 8.28. The highest BCUT2D eigenvalue weighted by molar-refractivity contribution is 7.89. The molecule has 0 aliphatic carbocycles. The summed E-state index contributed by atoms with van der Waals surface area (Å²) in [5.41, 5.74) is 0. The zero-order valence-electron chi connectivity index (χ0n) is 9.68. The maximum Gasteiger partial charge on any atom is 0.321 e. The van der Waals surface area contributed by atoms with Gasteiger partial charge < -0.3 is 4.74 Å². The van der Waals surface area contributed by atoms with Gasteiger partial charge in [-0.25, -0.2) is 8.42 Å². The van der Waals surface area contributed by atoms with E-state index in [9.17, 15) is 13.2 Å². The molecule has 0 fully saturated rings. The predicted molar refractivity (Wildman–Crippen MR) is 68.3 cm³/mol. The number of methoxy groups -OCH3 is 1. The predicted octanol–water partition coefficient (Wildman–Crippen LogP) is 1.79. The normalized spacial score (nSPS) is 11.6. The number of rotatable bonds is 4. The zero-order valence-corrected chi connectivity index (χ0v) is 12.0. The number of halogens is 2. The Hall–Kier alpha value is -0.820. The van der Waals surface area contributed by atoms with E-state index >= 15 is 0 Å². The Morgan fingerprint density at radius 1 is 1.39 bits per heavy atom. The second-order valence-corrected chi connectivity index (χ2v) is 6.27. The van der Waals surface area contributed by atoms with Gasteiger partial charge >= 0.3 is 5.97 Å². The number of carbonyl (C=O) groups is 1. The van der Waals surface area contributed by atoms with Crippen molar-refractivity contribution < 1.29 is 17.9 Å². The van der Waals surface area contributed by atoms with Crippen LogP contribution in [0, 0.1) is 0 Å². The molecule has 0 aromatic heterocycles. The molecule has 18 heavy (non-hydrogen) atoms. The number of nitrogens with zero attached hydrogens (tertiary/aromatic N) is 1. The average molecular weight is 312 g/mol. The van der Waals surface area contributed by atoms with Crippen molar-refractivity contribution >= 4 is 39.2 Å². The standard InChI is InChI=1S/C10H11Cl2NO4S/c1-13(6-10(14)17-2)18(15,16)9-4-3-7(11)5-8(9)12/h3-5H,6H2,1-2H3. The van der Waals surface area contributed by atoms with E-state index in [2.05, 4.69) is 4.74 Å². The van der Waals surface area contributed by atoms with E-state index < -0.39 is 22.5 Å².